The number of oxazole rings is 1. The van der Waals surface area contributed by atoms with E-state index in [1.807, 2.05) is 36.4 Å². The van der Waals surface area contributed by atoms with Crippen molar-refractivity contribution < 1.29 is 4.42 Å². The highest BCUT2D eigenvalue weighted by atomic mass is 16.3. The van der Waals surface area contributed by atoms with Crippen LogP contribution < -0.4 is 5.73 Å². The average Bonchev–Trinajstić information content (AvgIpc) is 2.82. The number of nitrogens with two attached hydrogens (primary N) is 1. The second kappa shape index (κ2) is 4.53. The van der Waals surface area contributed by atoms with Crippen LogP contribution in [0, 0.1) is 0 Å². The lowest BCUT2D eigenvalue weighted by atomic mass is 10.1. The lowest BCUT2D eigenvalue weighted by molar-refractivity contribution is 0.528. The highest BCUT2D eigenvalue weighted by Crippen LogP contribution is 2.21. The van der Waals surface area contributed by atoms with E-state index in [4.69, 9.17) is 10.2 Å². The van der Waals surface area contributed by atoms with E-state index in [0.717, 1.165) is 29.8 Å². The maximum atomic E-state index is 5.85. The van der Waals surface area contributed by atoms with E-state index >= 15 is 0 Å². The molecule has 3 nitrogen and oxygen atoms in total. The molecule has 0 saturated heterocycles. The number of aromatic nitrogens is 1. The largest absolute Gasteiger partial charge is 0.441 e. The molecule has 1 aromatic heterocycles. The molecule has 3 heteroatoms. The quantitative estimate of drug-likeness (QED) is 0.713. The van der Waals surface area contributed by atoms with E-state index in [1.54, 1.807) is 0 Å². The molecule has 0 aliphatic carbocycles. The number of nitrogens with zero attached hydrogens (tertiary/aromatic N) is 1. The van der Waals surface area contributed by atoms with Crippen LogP contribution >= 0.6 is 0 Å². The molecule has 90 valence electrons. The van der Waals surface area contributed by atoms with Crippen LogP contribution in [0.1, 0.15) is 11.5 Å². The van der Waals surface area contributed by atoms with Gasteiger partial charge < -0.3 is 10.2 Å². The van der Waals surface area contributed by atoms with Crippen molar-refractivity contribution in [2.75, 3.05) is 5.73 Å². The van der Waals surface area contributed by atoms with Gasteiger partial charge in [-0.2, -0.15) is 0 Å². The molecular weight excluding hydrogens is 224 g/mol. The van der Waals surface area contributed by atoms with Gasteiger partial charge in [-0.05, 0) is 24.1 Å². The number of anilines is 1. The minimum absolute atomic E-state index is 0.669. The molecule has 2 aromatic carbocycles. The van der Waals surface area contributed by atoms with Crippen LogP contribution in [-0.2, 0) is 12.8 Å². The van der Waals surface area contributed by atoms with Crippen molar-refractivity contribution in [3.8, 4) is 0 Å². The summed E-state index contributed by atoms with van der Waals surface area (Å²) in [4.78, 5) is 4.44. The number of aryl methyl sites for hydroxylation is 2. The third-order valence-electron chi connectivity index (χ3n) is 2.96. The summed E-state index contributed by atoms with van der Waals surface area (Å²) in [6.07, 6.45) is 1.71. The molecule has 3 aromatic rings. The van der Waals surface area contributed by atoms with Crippen LogP contribution in [-0.4, -0.2) is 4.98 Å². The van der Waals surface area contributed by atoms with Gasteiger partial charge in [-0.3, -0.25) is 0 Å². The van der Waals surface area contributed by atoms with E-state index in [2.05, 4.69) is 17.1 Å². The fourth-order valence-corrected chi connectivity index (χ4v) is 2.02. The molecule has 0 spiro atoms. The smallest absolute Gasteiger partial charge is 0.195 e. The van der Waals surface area contributed by atoms with Crippen molar-refractivity contribution >= 4 is 16.8 Å². The lowest BCUT2D eigenvalue weighted by Gasteiger charge is -1.96. The van der Waals surface area contributed by atoms with Gasteiger partial charge in [0.2, 0.25) is 0 Å². The maximum absolute atomic E-state index is 5.85. The topological polar surface area (TPSA) is 52.0 Å². The Kier molecular flexibility index (Phi) is 2.73. The SMILES string of the molecule is Nc1cccc2oc(CCc3ccccc3)nc12. The predicted octanol–water partition coefficient (Wildman–Crippen LogP) is 3.20. The van der Waals surface area contributed by atoms with Gasteiger partial charge in [0.15, 0.2) is 11.5 Å². The summed E-state index contributed by atoms with van der Waals surface area (Å²) in [5, 5.41) is 0. The number of nitrogen functional groups attached to an aromatic ring is 1. The van der Waals surface area contributed by atoms with Crippen LogP contribution in [0.5, 0.6) is 0 Å². The summed E-state index contributed by atoms with van der Waals surface area (Å²) in [5.41, 5.74) is 9.33. The third-order valence-corrected chi connectivity index (χ3v) is 2.96. The monoisotopic (exact) mass is 238 g/mol. The van der Waals surface area contributed by atoms with E-state index in [-0.39, 0.29) is 0 Å². The first kappa shape index (κ1) is 10.8. The second-order valence-corrected chi connectivity index (χ2v) is 4.29. The van der Waals surface area contributed by atoms with Gasteiger partial charge in [0.1, 0.15) is 5.52 Å². The molecule has 0 aliphatic heterocycles. The first-order chi connectivity index (χ1) is 8.83. The van der Waals surface area contributed by atoms with Crippen molar-refractivity contribution in [3.63, 3.8) is 0 Å². The number of hydrogen-bond acceptors (Lipinski definition) is 3. The van der Waals surface area contributed by atoms with Crippen LogP contribution in [0.3, 0.4) is 0 Å². The van der Waals surface area contributed by atoms with Crippen LogP contribution in [0.15, 0.2) is 52.9 Å². The molecule has 2 N–H and O–H groups in total. The fourth-order valence-electron chi connectivity index (χ4n) is 2.02. The highest BCUT2D eigenvalue weighted by molar-refractivity contribution is 5.85. The molecule has 0 saturated carbocycles. The van der Waals surface area contributed by atoms with Crippen molar-refractivity contribution in [2.24, 2.45) is 0 Å². The summed E-state index contributed by atoms with van der Waals surface area (Å²) in [7, 11) is 0. The highest BCUT2D eigenvalue weighted by Gasteiger charge is 2.07. The summed E-state index contributed by atoms with van der Waals surface area (Å²) >= 11 is 0. The Hall–Kier alpha value is -2.29. The van der Waals surface area contributed by atoms with Crippen molar-refractivity contribution in [2.45, 2.75) is 12.8 Å². The van der Waals surface area contributed by atoms with Crippen LogP contribution in [0.2, 0.25) is 0 Å². The fraction of sp³-hybridized carbons (Fsp3) is 0.133. The Morgan fingerprint density at radius 3 is 2.56 bits per heavy atom. The normalized spacial score (nSPS) is 10.9. The number of para-hydroxylation sites is 1. The van der Waals surface area contributed by atoms with Crippen LogP contribution in [0.4, 0.5) is 5.69 Å². The minimum Gasteiger partial charge on any atom is -0.441 e. The Bertz CT molecular complexity index is 659. The summed E-state index contributed by atoms with van der Waals surface area (Å²) in [6, 6.07) is 15.9. The van der Waals surface area contributed by atoms with Gasteiger partial charge in [0.05, 0.1) is 5.69 Å². The zero-order valence-electron chi connectivity index (χ0n) is 9.97. The Morgan fingerprint density at radius 2 is 1.78 bits per heavy atom. The average molecular weight is 238 g/mol. The summed E-state index contributed by atoms with van der Waals surface area (Å²) < 4.78 is 5.68. The zero-order valence-corrected chi connectivity index (χ0v) is 9.97. The third kappa shape index (κ3) is 2.07. The first-order valence-corrected chi connectivity index (χ1v) is 6.01. The molecule has 0 radical (unpaired) electrons. The van der Waals surface area contributed by atoms with Gasteiger partial charge in [-0.1, -0.05) is 36.4 Å². The van der Waals surface area contributed by atoms with Gasteiger partial charge in [-0.15, -0.1) is 0 Å². The zero-order chi connectivity index (χ0) is 12.4. The standard InChI is InChI=1S/C15H14N2O/c16-12-7-4-8-13-15(12)17-14(18-13)10-9-11-5-2-1-3-6-11/h1-8H,9-10,16H2. The van der Waals surface area contributed by atoms with Gasteiger partial charge in [0.25, 0.3) is 0 Å². The predicted molar refractivity (Wildman–Crippen MR) is 72.3 cm³/mol. The van der Waals surface area contributed by atoms with Crippen LogP contribution in [0.25, 0.3) is 11.1 Å². The minimum atomic E-state index is 0.669. The molecule has 1 heterocycles. The second-order valence-electron chi connectivity index (χ2n) is 4.29. The Morgan fingerprint density at radius 1 is 0.944 bits per heavy atom. The molecule has 0 aliphatic rings. The van der Waals surface area contributed by atoms with E-state index in [0.29, 0.717) is 5.69 Å². The number of benzene rings is 2. The molecular formula is C15H14N2O. The first-order valence-electron chi connectivity index (χ1n) is 6.01. The maximum Gasteiger partial charge on any atom is 0.195 e. The number of rotatable bonds is 3. The Labute approximate surface area is 105 Å². The van der Waals surface area contributed by atoms with Crippen molar-refractivity contribution in [1.82, 2.24) is 4.98 Å². The van der Waals surface area contributed by atoms with E-state index in [1.165, 1.54) is 5.56 Å². The van der Waals surface area contributed by atoms with Crippen molar-refractivity contribution in [3.05, 3.63) is 60.0 Å². The number of fused-ring (bicyclic) bond motifs is 1. The lowest BCUT2D eigenvalue weighted by Crippen LogP contribution is -1.91. The summed E-state index contributed by atoms with van der Waals surface area (Å²) in [6.45, 7) is 0. The molecule has 0 atom stereocenters. The molecule has 0 unspecified atom stereocenters. The van der Waals surface area contributed by atoms with E-state index in [9.17, 15) is 0 Å². The van der Waals surface area contributed by atoms with E-state index < -0.39 is 0 Å². The molecule has 3 rings (SSSR count). The van der Waals surface area contributed by atoms with Gasteiger partial charge >= 0.3 is 0 Å². The molecule has 0 fully saturated rings. The molecule has 18 heavy (non-hydrogen) atoms. The molecule has 0 bridgehead atoms. The van der Waals surface area contributed by atoms with Crippen molar-refractivity contribution in [1.29, 1.82) is 0 Å². The van der Waals surface area contributed by atoms with Gasteiger partial charge in [-0.25, -0.2) is 4.98 Å². The Balaban J connectivity index is 1.81. The number of hydrogen-bond donors (Lipinski definition) is 1. The van der Waals surface area contributed by atoms with Gasteiger partial charge in [0, 0.05) is 6.42 Å². The molecule has 0 amide bonds. The summed E-state index contributed by atoms with van der Waals surface area (Å²) in [5.74, 6) is 0.742.